The topological polar surface area (TPSA) is 92.5 Å². The van der Waals surface area contributed by atoms with Crippen LogP contribution in [-0.2, 0) is 0 Å². The number of nitrogens with two attached hydrogens (primary N) is 1. The van der Waals surface area contributed by atoms with Crippen molar-refractivity contribution in [3.05, 3.63) is 6.33 Å². The van der Waals surface area contributed by atoms with E-state index in [-0.39, 0.29) is 5.95 Å². The number of aromatic amines is 1. The first-order valence-electron chi connectivity index (χ1n) is 7.49. The minimum atomic E-state index is 0.270. The van der Waals surface area contributed by atoms with Crippen molar-refractivity contribution >= 4 is 22.9 Å². The molecule has 0 atom stereocenters. The minimum absolute atomic E-state index is 0.270. The van der Waals surface area contributed by atoms with Gasteiger partial charge in [-0.1, -0.05) is 19.8 Å². The molecule has 2 aromatic heterocycles. The zero-order valence-corrected chi connectivity index (χ0v) is 11.9. The van der Waals surface area contributed by atoms with Crippen LogP contribution in [0, 0.1) is 5.92 Å². The predicted octanol–water partition coefficient (Wildman–Crippen LogP) is 2.71. The van der Waals surface area contributed by atoms with Crippen LogP contribution in [0.5, 0.6) is 0 Å². The van der Waals surface area contributed by atoms with Crippen LogP contribution in [-0.4, -0.2) is 26.0 Å². The molecule has 0 aliphatic heterocycles. The van der Waals surface area contributed by atoms with E-state index in [1.807, 2.05) is 0 Å². The molecule has 0 amide bonds. The summed E-state index contributed by atoms with van der Waals surface area (Å²) < 4.78 is 0. The Morgan fingerprint density at radius 1 is 1.30 bits per heavy atom. The van der Waals surface area contributed by atoms with E-state index in [2.05, 4.69) is 32.2 Å². The molecule has 3 rings (SSSR count). The summed E-state index contributed by atoms with van der Waals surface area (Å²) in [6.45, 7) is 2.27. The maximum Gasteiger partial charge on any atom is 0.224 e. The number of hydrogen-bond donors (Lipinski definition) is 3. The van der Waals surface area contributed by atoms with Crippen molar-refractivity contribution in [1.82, 2.24) is 19.9 Å². The molecule has 0 aromatic carbocycles. The zero-order valence-electron chi connectivity index (χ0n) is 11.9. The number of rotatable bonds is 4. The number of anilines is 2. The highest BCUT2D eigenvalue weighted by Crippen LogP contribution is 2.30. The highest BCUT2D eigenvalue weighted by molar-refractivity contribution is 5.83. The molecule has 6 heteroatoms. The number of aromatic nitrogens is 4. The number of fused-ring (bicyclic) bond motifs is 1. The summed E-state index contributed by atoms with van der Waals surface area (Å²) >= 11 is 0. The monoisotopic (exact) mass is 274 g/mol. The predicted molar refractivity (Wildman–Crippen MR) is 80.4 cm³/mol. The lowest BCUT2D eigenvalue weighted by molar-refractivity contribution is 0.318. The molecule has 20 heavy (non-hydrogen) atoms. The van der Waals surface area contributed by atoms with Gasteiger partial charge in [0.1, 0.15) is 5.52 Å². The van der Waals surface area contributed by atoms with E-state index in [4.69, 9.17) is 5.73 Å². The quantitative estimate of drug-likeness (QED) is 0.797. The van der Waals surface area contributed by atoms with E-state index in [1.165, 1.54) is 38.5 Å². The van der Waals surface area contributed by atoms with Gasteiger partial charge in [0.25, 0.3) is 0 Å². The Morgan fingerprint density at radius 3 is 2.85 bits per heavy atom. The van der Waals surface area contributed by atoms with Crippen LogP contribution in [0.15, 0.2) is 6.33 Å². The van der Waals surface area contributed by atoms with Gasteiger partial charge in [-0.2, -0.15) is 9.97 Å². The van der Waals surface area contributed by atoms with Gasteiger partial charge in [-0.15, -0.1) is 0 Å². The number of imidazole rings is 1. The molecule has 2 heterocycles. The molecule has 1 aliphatic carbocycles. The summed E-state index contributed by atoms with van der Waals surface area (Å²) in [5.74, 6) is 1.96. The van der Waals surface area contributed by atoms with E-state index in [0.717, 1.165) is 17.3 Å². The Morgan fingerprint density at radius 2 is 2.10 bits per heavy atom. The number of nitrogens with one attached hydrogen (secondary N) is 2. The first-order chi connectivity index (χ1) is 9.76. The van der Waals surface area contributed by atoms with Crippen LogP contribution in [0.4, 0.5) is 11.8 Å². The molecule has 0 unspecified atom stereocenters. The second-order valence-corrected chi connectivity index (χ2v) is 5.68. The molecular weight excluding hydrogens is 252 g/mol. The van der Waals surface area contributed by atoms with E-state index in [9.17, 15) is 0 Å². The standard InChI is InChI=1S/C14H22N6/c1-2-3-9-4-6-10(7-5-9)18-13-11-12(17-8-16-11)19-14(15)20-13/h8-10H,2-7H2,1H3,(H4,15,16,17,18,19,20). The molecule has 2 aromatic rings. The van der Waals surface area contributed by atoms with Crippen LogP contribution in [0.1, 0.15) is 45.4 Å². The molecule has 1 fully saturated rings. The molecule has 0 radical (unpaired) electrons. The average molecular weight is 274 g/mol. The Hall–Kier alpha value is -1.85. The largest absolute Gasteiger partial charge is 0.368 e. The minimum Gasteiger partial charge on any atom is -0.368 e. The third-order valence-corrected chi connectivity index (χ3v) is 4.19. The van der Waals surface area contributed by atoms with Gasteiger partial charge in [0.2, 0.25) is 5.95 Å². The zero-order chi connectivity index (χ0) is 13.9. The fourth-order valence-electron chi connectivity index (χ4n) is 3.15. The van der Waals surface area contributed by atoms with Gasteiger partial charge in [-0.25, -0.2) is 4.98 Å². The van der Waals surface area contributed by atoms with E-state index in [0.29, 0.717) is 11.7 Å². The summed E-state index contributed by atoms with van der Waals surface area (Å²) in [5.41, 5.74) is 7.20. The van der Waals surface area contributed by atoms with Crippen molar-refractivity contribution in [2.24, 2.45) is 5.92 Å². The van der Waals surface area contributed by atoms with Gasteiger partial charge in [0.05, 0.1) is 6.33 Å². The summed E-state index contributed by atoms with van der Waals surface area (Å²) in [6.07, 6.45) is 9.28. The Bertz CT molecular complexity index is 570. The van der Waals surface area contributed by atoms with Crippen LogP contribution in [0.3, 0.4) is 0 Å². The first kappa shape index (κ1) is 13.1. The number of nitrogens with zero attached hydrogens (tertiary/aromatic N) is 3. The van der Waals surface area contributed by atoms with Crippen molar-refractivity contribution in [2.45, 2.75) is 51.5 Å². The second kappa shape index (κ2) is 5.64. The van der Waals surface area contributed by atoms with Gasteiger partial charge in [-0.3, -0.25) is 0 Å². The SMILES string of the molecule is CCCC1CCC(Nc2nc(N)nc3nc[nH]c23)CC1. The average Bonchev–Trinajstić information content (AvgIpc) is 2.89. The smallest absolute Gasteiger partial charge is 0.224 e. The van der Waals surface area contributed by atoms with Crippen molar-refractivity contribution in [1.29, 1.82) is 0 Å². The maximum absolute atomic E-state index is 5.73. The molecule has 4 N–H and O–H groups in total. The van der Waals surface area contributed by atoms with Gasteiger partial charge in [0.15, 0.2) is 11.5 Å². The van der Waals surface area contributed by atoms with Crippen LogP contribution < -0.4 is 11.1 Å². The lowest BCUT2D eigenvalue weighted by Gasteiger charge is -2.29. The fraction of sp³-hybridized carbons (Fsp3) is 0.643. The van der Waals surface area contributed by atoms with Gasteiger partial charge in [0, 0.05) is 6.04 Å². The van der Waals surface area contributed by atoms with E-state index in [1.54, 1.807) is 6.33 Å². The number of hydrogen-bond acceptors (Lipinski definition) is 5. The summed E-state index contributed by atoms with van der Waals surface area (Å²) in [6, 6.07) is 0.476. The van der Waals surface area contributed by atoms with E-state index < -0.39 is 0 Å². The normalized spacial score (nSPS) is 23.1. The highest BCUT2D eigenvalue weighted by atomic mass is 15.1. The molecule has 1 aliphatic rings. The van der Waals surface area contributed by atoms with Gasteiger partial charge in [-0.05, 0) is 31.6 Å². The highest BCUT2D eigenvalue weighted by Gasteiger charge is 2.21. The lowest BCUT2D eigenvalue weighted by atomic mass is 9.83. The van der Waals surface area contributed by atoms with Crippen LogP contribution in [0.25, 0.3) is 11.2 Å². The molecule has 1 saturated carbocycles. The Labute approximate surface area is 118 Å². The summed E-state index contributed by atoms with van der Waals surface area (Å²) in [4.78, 5) is 15.6. The molecule has 0 spiro atoms. The fourth-order valence-corrected chi connectivity index (χ4v) is 3.15. The molecule has 0 bridgehead atoms. The van der Waals surface area contributed by atoms with Crippen molar-refractivity contribution in [3.8, 4) is 0 Å². The van der Waals surface area contributed by atoms with Crippen molar-refractivity contribution in [2.75, 3.05) is 11.1 Å². The van der Waals surface area contributed by atoms with Crippen molar-refractivity contribution < 1.29 is 0 Å². The molecule has 6 nitrogen and oxygen atoms in total. The van der Waals surface area contributed by atoms with Crippen LogP contribution >= 0.6 is 0 Å². The molecule has 108 valence electrons. The van der Waals surface area contributed by atoms with Gasteiger partial charge >= 0.3 is 0 Å². The Balaban J connectivity index is 1.69. The summed E-state index contributed by atoms with van der Waals surface area (Å²) in [5, 5.41) is 3.51. The van der Waals surface area contributed by atoms with Gasteiger partial charge < -0.3 is 16.0 Å². The van der Waals surface area contributed by atoms with Crippen molar-refractivity contribution in [3.63, 3.8) is 0 Å². The molecule has 0 saturated heterocycles. The van der Waals surface area contributed by atoms with E-state index >= 15 is 0 Å². The second-order valence-electron chi connectivity index (χ2n) is 5.68. The lowest BCUT2D eigenvalue weighted by Crippen LogP contribution is -2.26. The molecular formula is C14H22N6. The Kier molecular flexibility index (Phi) is 3.71. The maximum atomic E-state index is 5.73. The number of nitrogen functional groups attached to an aromatic ring is 1. The third kappa shape index (κ3) is 2.69. The summed E-state index contributed by atoms with van der Waals surface area (Å²) in [7, 11) is 0. The third-order valence-electron chi connectivity index (χ3n) is 4.19. The number of H-pyrrole nitrogens is 1. The van der Waals surface area contributed by atoms with Crippen LogP contribution in [0.2, 0.25) is 0 Å². The first-order valence-corrected chi connectivity index (χ1v) is 7.49.